The molecule has 13 heteroatoms. The van der Waals surface area contributed by atoms with E-state index in [0.717, 1.165) is 11.3 Å². The van der Waals surface area contributed by atoms with Gasteiger partial charge in [-0.25, -0.2) is 9.59 Å². The van der Waals surface area contributed by atoms with Crippen LogP contribution in [0.2, 0.25) is 0 Å². The number of nitrogens with zero attached hydrogens (tertiary/aromatic N) is 2. The van der Waals surface area contributed by atoms with E-state index in [1.165, 1.54) is 4.90 Å². The number of hydrogen-bond acceptors (Lipinski definition) is 7. The van der Waals surface area contributed by atoms with E-state index in [4.69, 9.17) is 18.9 Å². The van der Waals surface area contributed by atoms with Crippen LogP contribution in [0.4, 0.5) is 28.4 Å². The molecule has 2 heterocycles. The molecule has 3 amide bonds. The van der Waals surface area contributed by atoms with Gasteiger partial charge in [0.2, 0.25) is 0 Å². The molecule has 1 atom stereocenters. The standard InChI is InChI=1S/C34H42F3N3O7/c1-33(2,3)47-31(42)38-24-10-14-27(15-11-24)46-26-12-8-22(9-13-26)29(45-21-34(35,36)37)30(41)39-18-16-25(17-19-39)40-28-7-5-4-6-23(28)20-44-32(40)43/h4-9,12-13,24-25,27,29H,10-11,14-21H2,1-3H3,(H,38,42). The maximum Gasteiger partial charge on any atom is 0.414 e. The number of carbonyl (C=O) groups is 3. The Hall–Kier alpha value is -4.00. The first-order chi connectivity index (χ1) is 22.3. The quantitative estimate of drug-likeness (QED) is 0.337. The van der Waals surface area contributed by atoms with Crippen molar-refractivity contribution in [2.45, 2.75) is 102 Å². The second-order valence-electron chi connectivity index (χ2n) is 13.2. The number of rotatable bonds is 8. The average molecular weight is 662 g/mol. The zero-order valence-corrected chi connectivity index (χ0v) is 26.9. The van der Waals surface area contributed by atoms with E-state index in [2.05, 4.69) is 5.32 Å². The lowest BCUT2D eigenvalue weighted by molar-refractivity contribution is -0.191. The number of hydrogen-bond donors (Lipinski definition) is 1. The van der Waals surface area contributed by atoms with Crippen LogP contribution in [0.25, 0.3) is 0 Å². The van der Waals surface area contributed by atoms with Crippen molar-refractivity contribution in [3.8, 4) is 5.75 Å². The first-order valence-corrected chi connectivity index (χ1v) is 16.0. The molecule has 10 nitrogen and oxygen atoms in total. The predicted molar refractivity (Wildman–Crippen MR) is 166 cm³/mol. The van der Waals surface area contributed by atoms with Crippen molar-refractivity contribution in [2.24, 2.45) is 0 Å². The minimum Gasteiger partial charge on any atom is -0.490 e. The smallest absolute Gasteiger partial charge is 0.414 e. The number of benzene rings is 2. The highest BCUT2D eigenvalue weighted by Gasteiger charge is 2.38. The van der Waals surface area contributed by atoms with Gasteiger partial charge in [0.15, 0.2) is 6.10 Å². The number of piperidine rings is 1. The fourth-order valence-corrected chi connectivity index (χ4v) is 6.23. The summed E-state index contributed by atoms with van der Waals surface area (Å²) in [5, 5.41) is 2.90. The Morgan fingerprint density at radius 3 is 2.26 bits per heavy atom. The topological polar surface area (TPSA) is 107 Å². The molecule has 1 saturated heterocycles. The van der Waals surface area contributed by atoms with Crippen LogP contribution in [-0.2, 0) is 25.6 Å². The van der Waals surface area contributed by atoms with Crippen LogP contribution in [0.3, 0.4) is 0 Å². The third-order valence-electron chi connectivity index (χ3n) is 8.46. The summed E-state index contributed by atoms with van der Waals surface area (Å²) in [5.74, 6) is -0.0485. The summed E-state index contributed by atoms with van der Waals surface area (Å²) in [6.07, 6.45) is -3.37. The number of anilines is 1. The molecule has 0 bridgehead atoms. The molecule has 1 aliphatic carbocycles. The maximum absolute atomic E-state index is 13.6. The minimum atomic E-state index is -4.62. The number of cyclic esters (lactones) is 1. The summed E-state index contributed by atoms with van der Waals surface area (Å²) in [6, 6.07) is 13.6. The average Bonchev–Trinajstić information content (AvgIpc) is 3.01. The van der Waals surface area contributed by atoms with E-state index >= 15 is 0 Å². The van der Waals surface area contributed by atoms with Crippen LogP contribution in [-0.4, -0.2) is 72.7 Å². The summed E-state index contributed by atoms with van der Waals surface area (Å²) in [7, 11) is 0. The molecule has 1 N–H and O–H groups in total. The summed E-state index contributed by atoms with van der Waals surface area (Å²) in [6.45, 7) is 4.53. The Balaban J connectivity index is 1.18. The van der Waals surface area contributed by atoms with Crippen molar-refractivity contribution >= 4 is 23.8 Å². The largest absolute Gasteiger partial charge is 0.490 e. The first kappa shape index (κ1) is 34.3. The molecule has 47 heavy (non-hydrogen) atoms. The second-order valence-corrected chi connectivity index (χ2v) is 13.2. The van der Waals surface area contributed by atoms with E-state index in [-0.39, 0.29) is 43.4 Å². The minimum absolute atomic E-state index is 0.0146. The van der Waals surface area contributed by atoms with Gasteiger partial charge in [-0.15, -0.1) is 0 Å². The molecule has 0 spiro atoms. The van der Waals surface area contributed by atoms with Crippen LogP contribution in [0.5, 0.6) is 5.75 Å². The van der Waals surface area contributed by atoms with E-state index in [0.29, 0.717) is 44.3 Å². The van der Waals surface area contributed by atoms with Gasteiger partial charge in [0, 0.05) is 30.7 Å². The number of para-hydroxylation sites is 1. The van der Waals surface area contributed by atoms with Gasteiger partial charge >= 0.3 is 18.4 Å². The Labute approximate surface area is 272 Å². The highest BCUT2D eigenvalue weighted by Crippen LogP contribution is 2.34. The molecular formula is C34H42F3N3O7. The highest BCUT2D eigenvalue weighted by molar-refractivity contribution is 5.91. The molecular weight excluding hydrogens is 619 g/mol. The van der Waals surface area contributed by atoms with E-state index < -0.39 is 42.6 Å². The lowest BCUT2D eigenvalue weighted by atomic mass is 9.93. The second kappa shape index (κ2) is 14.4. The van der Waals surface area contributed by atoms with Crippen LogP contribution in [0, 0.1) is 0 Å². The molecule has 5 rings (SSSR count). The molecule has 2 aromatic carbocycles. The molecule has 2 aromatic rings. The Morgan fingerprint density at radius 2 is 1.62 bits per heavy atom. The summed E-state index contributed by atoms with van der Waals surface area (Å²) >= 11 is 0. The molecule has 1 saturated carbocycles. The van der Waals surface area contributed by atoms with Gasteiger partial charge in [-0.2, -0.15) is 13.2 Å². The number of alkyl halides is 3. The number of nitrogens with one attached hydrogen (secondary N) is 1. The number of likely N-dealkylation sites (tertiary alicyclic amines) is 1. The molecule has 0 aromatic heterocycles. The van der Waals surface area contributed by atoms with E-state index in [1.54, 1.807) is 29.2 Å². The lowest BCUT2D eigenvalue weighted by Gasteiger charge is -2.40. The summed E-state index contributed by atoms with van der Waals surface area (Å²) < 4.78 is 61.6. The molecule has 256 valence electrons. The monoisotopic (exact) mass is 661 g/mol. The Morgan fingerprint density at radius 1 is 0.957 bits per heavy atom. The zero-order valence-electron chi connectivity index (χ0n) is 26.9. The van der Waals surface area contributed by atoms with Crippen molar-refractivity contribution in [3.05, 3.63) is 59.7 Å². The predicted octanol–water partition coefficient (Wildman–Crippen LogP) is 6.67. The zero-order chi connectivity index (χ0) is 33.8. The SMILES string of the molecule is CC(C)(C)OC(=O)NC1CCC(Oc2ccc(C(OCC(F)(F)F)C(=O)N3CCC(N4C(=O)OCc5ccccc54)CC3)cc2)CC1. The molecule has 1 unspecified atom stereocenters. The van der Waals surface area contributed by atoms with Crippen molar-refractivity contribution in [1.29, 1.82) is 0 Å². The normalized spacial score (nSPS) is 21.4. The number of ether oxygens (including phenoxy) is 4. The van der Waals surface area contributed by atoms with Crippen LogP contribution < -0.4 is 15.0 Å². The Kier molecular flexibility index (Phi) is 10.5. The number of carbonyl (C=O) groups excluding carboxylic acids is 3. The third kappa shape index (κ3) is 9.30. The van der Waals surface area contributed by atoms with Gasteiger partial charge in [-0.3, -0.25) is 9.69 Å². The number of alkyl carbamates (subject to hydrolysis) is 1. The van der Waals surface area contributed by atoms with Crippen molar-refractivity contribution in [3.63, 3.8) is 0 Å². The molecule has 2 aliphatic heterocycles. The van der Waals surface area contributed by atoms with Gasteiger partial charge in [-0.1, -0.05) is 30.3 Å². The summed E-state index contributed by atoms with van der Waals surface area (Å²) in [4.78, 5) is 41.5. The van der Waals surface area contributed by atoms with Crippen molar-refractivity contribution in [1.82, 2.24) is 10.2 Å². The number of halogens is 3. The molecule has 0 radical (unpaired) electrons. The van der Waals surface area contributed by atoms with Crippen molar-refractivity contribution in [2.75, 3.05) is 24.6 Å². The van der Waals surface area contributed by atoms with Crippen molar-refractivity contribution < 1.29 is 46.5 Å². The Bertz CT molecular complexity index is 1400. The summed E-state index contributed by atoms with van der Waals surface area (Å²) in [5.41, 5.74) is 1.37. The van der Waals surface area contributed by atoms with E-state index in [1.807, 2.05) is 45.0 Å². The van der Waals surface area contributed by atoms with Crippen LogP contribution in [0.1, 0.15) is 76.5 Å². The number of amides is 3. The number of fused-ring (bicyclic) bond motifs is 1. The maximum atomic E-state index is 13.6. The van der Waals surface area contributed by atoms with Crippen LogP contribution >= 0.6 is 0 Å². The third-order valence-corrected chi connectivity index (χ3v) is 8.46. The van der Waals surface area contributed by atoms with Gasteiger partial charge in [0.05, 0.1) is 11.8 Å². The fraction of sp³-hybridized carbons (Fsp3) is 0.559. The highest BCUT2D eigenvalue weighted by atomic mass is 19.4. The molecule has 2 fully saturated rings. The van der Waals surface area contributed by atoms with E-state index in [9.17, 15) is 27.6 Å². The van der Waals surface area contributed by atoms with Gasteiger partial charge < -0.3 is 29.2 Å². The lowest BCUT2D eigenvalue weighted by Crippen LogP contribution is -2.51. The molecule has 3 aliphatic rings. The van der Waals surface area contributed by atoms with Gasteiger partial charge in [-0.05, 0) is 83.1 Å². The van der Waals surface area contributed by atoms with Gasteiger partial charge in [0.25, 0.3) is 5.91 Å². The van der Waals surface area contributed by atoms with Crippen LogP contribution in [0.15, 0.2) is 48.5 Å². The first-order valence-electron chi connectivity index (χ1n) is 16.0. The fourth-order valence-electron chi connectivity index (χ4n) is 6.23. The van der Waals surface area contributed by atoms with Gasteiger partial charge in [0.1, 0.15) is 24.6 Å².